The molecular weight excluding hydrogens is 933 g/mol. The highest BCUT2D eigenvalue weighted by Crippen LogP contribution is 2.45. The molecule has 70 heavy (non-hydrogen) atoms. The van der Waals surface area contributed by atoms with Gasteiger partial charge in [-0.15, -0.1) is 0 Å². The lowest BCUT2D eigenvalue weighted by Gasteiger charge is -2.32. The molecule has 12 N–H and O–H groups in total. The fourth-order valence-corrected chi connectivity index (χ4v) is 8.04. The third-order valence-corrected chi connectivity index (χ3v) is 12.2. The van der Waals surface area contributed by atoms with Crippen molar-refractivity contribution in [2.45, 2.75) is 76.7 Å². The number of nitrogens with two attached hydrogens (primary N) is 3. The summed E-state index contributed by atoms with van der Waals surface area (Å²) < 4.78 is 39.3. The Kier molecular flexibility index (Phi) is 17.8. The number of hydrogen-bond donors (Lipinski definition) is 9. The first kappa shape index (κ1) is 54.3. The molecule has 0 fully saturated rings. The molecule has 0 saturated carbocycles. The predicted molar refractivity (Wildman–Crippen MR) is 254 cm³/mol. The van der Waals surface area contributed by atoms with E-state index in [0.717, 1.165) is 27.4 Å². The quantitative estimate of drug-likeness (QED) is 0.0601. The van der Waals surface area contributed by atoms with Crippen LogP contribution in [0.4, 0.5) is 0 Å². The molecule has 0 aliphatic carbocycles. The molecule has 1 aromatic heterocycles. The molecule has 4 aromatic rings. The number of carbonyl (C=O) groups is 5. The van der Waals surface area contributed by atoms with Crippen LogP contribution < -0.4 is 41.7 Å². The average Bonchev–Trinajstić information content (AvgIpc) is 3.30. The average molecular weight is 993 g/mol. The molecule has 6 atom stereocenters. The van der Waals surface area contributed by atoms with Crippen LogP contribution in [-0.4, -0.2) is 131 Å². The molecule has 23 heteroatoms. The Morgan fingerprint density at radius 1 is 0.929 bits per heavy atom. The van der Waals surface area contributed by atoms with Gasteiger partial charge in [-0.3, -0.25) is 24.0 Å². The summed E-state index contributed by atoms with van der Waals surface area (Å²) in [7, 11) is -3.32. The van der Waals surface area contributed by atoms with Gasteiger partial charge in [0.2, 0.25) is 11.8 Å². The number of carbonyl (C=O) groups excluding carboxylic acids is 4. The number of carboxylic acids is 1. The minimum absolute atomic E-state index is 0.0221. The number of carboxylic acid groups (broad SMARTS) is 1. The van der Waals surface area contributed by atoms with Gasteiger partial charge in [0.05, 0.1) is 17.8 Å². The maximum Gasteiger partial charge on any atom is 0.326 e. The zero-order chi connectivity index (χ0) is 51.8. The van der Waals surface area contributed by atoms with Gasteiger partial charge in [-0.1, -0.05) is 45.9 Å². The van der Waals surface area contributed by atoms with E-state index in [1.54, 1.807) is 12.1 Å². The number of nitrogens with one attached hydrogen (secondary N) is 2. The lowest BCUT2D eigenvalue weighted by Crippen LogP contribution is -2.46. The van der Waals surface area contributed by atoms with Crippen molar-refractivity contribution >= 4 is 39.6 Å². The summed E-state index contributed by atoms with van der Waals surface area (Å²) >= 11 is 0. The fraction of sp³-hybridized carbons (Fsp3) is 0.426. The second-order valence-electron chi connectivity index (χ2n) is 18.2. The number of aliphatic carboxylic acids is 1. The molecule has 0 unspecified atom stereocenters. The number of ether oxygens (including phenoxy) is 2. The summed E-state index contributed by atoms with van der Waals surface area (Å²) in [4.78, 5) is 83.9. The highest BCUT2D eigenvalue weighted by molar-refractivity contribution is 7.87. The number of fused-ring (bicyclic) bond motifs is 5. The van der Waals surface area contributed by atoms with Gasteiger partial charge in [0.1, 0.15) is 43.3 Å². The van der Waals surface area contributed by atoms with Gasteiger partial charge in [0.25, 0.3) is 15.8 Å². The monoisotopic (exact) mass is 992 g/mol. The Labute approximate surface area is 403 Å². The molecule has 0 spiro atoms. The number of rotatable bonds is 18. The minimum atomic E-state index is -4.50. The first-order valence-electron chi connectivity index (χ1n) is 22.2. The van der Waals surface area contributed by atoms with E-state index in [1.165, 1.54) is 44.3 Å². The number of likely N-dealkylation sites (N-methyl/N-ethyl adjacent to an activating group) is 1. The zero-order valence-corrected chi connectivity index (χ0v) is 40.1. The minimum Gasteiger partial charge on any atom is -0.504 e. The van der Waals surface area contributed by atoms with Gasteiger partial charge in [-0.25, -0.2) is 14.7 Å². The Morgan fingerprint density at radius 2 is 1.56 bits per heavy atom. The highest BCUT2D eigenvalue weighted by Gasteiger charge is 2.37. The summed E-state index contributed by atoms with van der Waals surface area (Å²) in [6.07, 6.45) is -2.91. The van der Waals surface area contributed by atoms with Gasteiger partial charge in [-0.05, 0) is 58.5 Å². The second kappa shape index (κ2) is 22.9. The molecule has 378 valence electrons. The van der Waals surface area contributed by atoms with E-state index in [1.807, 2.05) is 37.6 Å². The number of hydrogen-bond acceptors (Lipinski definition) is 16. The van der Waals surface area contributed by atoms with Crippen molar-refractivity contribution in [2.24, 2.45) is 28.4 Å². The molecule has 4 bridgehead atoms. The predicted octanol–water partition coefficient (Wildman–Crippen LogP) is 0.202. The number of aromatic nitrogens is 2. The van der Waals surface area contributed by atoms with Crippen molar-refractivity contribution in [3.8, 4) is 34.1 Å². The van der Waals surface area contributed by atoms with Crippen LogP contribution >= 0.6 is 0 Å². The number of Topliss-reactive ketones (excluding diaryl/α,β-unsaturated/α-hetero) is 2. The molecule has 3 aromatic carbocycles. The maximum absolute atomic E-state index is 14.8. The van der Waals surface area contributed by atoms with E-state index in [0.29, 0.717) is 11.3 Å². The number of aliphatic hydroxyl groups is 2. The molecule has 0 radical (unpaired) electrons. The molecule has 2 heterocycles. The maximum atomic E-state index is 14.8. The number of ketones is 2. The Hall–Kier alpha value is -6.60. The van der Waals surface area contributed by atoms with E-state index in [-0.39, 0.29) is 65.3 Å². The van der Waals surface area contributed by atoms with Crippen LogP contribution in [0.2, 0.25) is 0 Å². The first-order chi connectivity index (χ1) is 32.8. The van der Waals surface area contributed by atoms with Crippen LogP contribution in [0.1, 0.15) is 73.6 Å². The first-order valence-corrected chi connectivity index (χ1v) is 23.7. The lowest BCUT2D eigenvalue weighted by molar-refractivity contribution is -0.143. The van der Waals surface area contributed by atoms with Crippen molar-refractivity contribution in [1.29, 1.82) is 0 Å². The number of aliphatic hydroxyl groups excluding tert-OH is 2. The third-order valence-electron chi connectivity index (χ3n) is 11.6. The van der Waals surface area contributed by atoms with Crippen molar-refractivity contribution in [1.82, 2.24) is 24.7 Å². The standard InChI is InChI=1S/C47H60N8O14S/c1-25-12-38(59)42(54(5)45(63)29(22-52-70(50,66)67)16-37(58)28-18-41(60)55(51-21-28)31-9-7-30(8-10-31)47(2,3)4)27-15-35(43(61)40(17-27)69-24-33(57)20-49)34-13-26(14-36(46(64)65)53-44(25)62)6-11-39(34)68-23-32(56)19-48/h6-11,13,15,17-18,21,25,29,32-33,36,42,52,56-57,61H,12,14,16,19-20,22-24,48-49H2,1-5H3,(H,53,62)(H,64,65)(H2,50,66,67)/t25-,29+,32-,33-,36+,42+/m1/s1. The van der Waals surface area contributed by atoms with Crippen LogP contribution in [0.3, 0.4) is 0 Å². The smallest absolute Gasteiger partial charge is 0.326 e. The molecule has 1 aliphatic rings. The highest BCUT2D eigenvalue weighted by atomic mass is 32.2. The van der Waals surface area contributed by atoms with Crippen molar-refractivity contribution < 1.29 is 62.3 Å². The summed E-state index contributed by atoms with van der Waals surface area (Å²) in [5.41, 5.74) is 11.8. The lowest BCUT2D eigenvalue weighted by atomic mass is 9.87. The van der Waals surface area contributed by atoms with E-state index in [9.17, 15) is 57.6 Å². The van der Waals surface area contributed by atoms with E-state index in [4.69, 9.17) is 26.1 Å². The van der Waals surface area contributed by atoms with Crippen LogP contribution in [0, 0.1) is 11.8 Å². The van der Waals surface area contributed by atoms with Crippen molar-refractivity contribution in [3.05, 3.63) is 99.5 Å². The van der Waals surface area contributed by atoms with Crippen LogP contribution in [0.5, 0.6) is 17.2 Å². The Bertz CT molecular complexity index is 2760. The molecule has 22 nitrogen and oxygen atoms in total. The molecule has 2 amide bonds. The number of amides is 2. The molecule has 0 saturated heterocycles. The molecular formula is C47H60N8O14S. The van der Waals surface area contributed by atoms with Crippen molar-refractivity contribution in [2.75, 3.05) is 39.9 Å². The van der Waals surface area contributed by atoms with E-state index in [2.05, 4.69) is 10.4 Å². The topological polar surface area (TPSA) is 359 Å². The molecule has 1 aliphatic heterocycles. The number of benzene rings is 3. The number of phenolic OH excluding ortho intramolecular Hbond substituents is 1. The second-order valence-corrected chi connectivity index (χ2v) is 19.6. The van der Waals surface area contributed by atoms with Crippen molar-refractivity contribution in [3.63, 3.8) is 0 Å². The van der Waals surface area contributed by atoms with Crippen LogP contribution in [-0.2, 0) is 41.2 Å². The van der Waals surface area contributed by atoms with E-state index >= 15 is 0 Å². The SMILES string of the molecule is C[C@@H]1CC(=O)[C@@H](N(C)C(=O)[C@H](CNS(N)(=O)=O)CC(=O)c2cnn(-c3ccc(C(C)(C)C)cc3)c(=O)c2)c2cc(OC[C@H](O)CN)c(O)c(c2)-c2cc(ccc2OC[C@H](O)CN)C[C@@H](C(=O)O)NC1=O. The summed E-state index contributed by atoms with van der Waals surface area (Å²) in [6.45, 7) is 5.41. The largest absolute Gasteiger partial charge is 0.504 e. The van der Waals surface area contributed by atoms with Gasteiger partial charge in [0, 0.05) is 74.6 Å². The third kappa shape index (κ3) is 13.8. The van der Waals surface area contributed by atoms with Gasteiger partial charge in [-0.2, -0.15) is 18.2 Å². The van der Waals surface area contributed by atoms with Crippen LogP contribution in [0.15, 0.2) is 71.7 Å². The normalized spacial score (nSPS) is 17.9. The van der Waals surface area contributed by atoms with Gasteiger partial charge in [0.15, 0.2) is 23.1 Å². The van der Waals surface area contributed by atoms with Gasteiger partial charge >= 0.3 is 5.97 Å². The number of phenols is 1. The zero-order valence-electron chi connectivity index (χ0n) is 39.3. The fourth-order valence-electron chi connectivity index (χ4n) is 7.61. The summed E-state index contributed by atoms with van der Waals surface area (Å²) in [5.74, 6) is -8.59. The summed E-state index contributed by atoms with van der Waals surface area (Å²) in [6, 6.07) is 11.7. The Balaban J connectivity index is 1.65. The summed E-state index contributed by atoms with van der Waals surface area (Å²) in [5, 5.41) is 54.6. The number of nitrogens with zero attached hydrogens (tertiary/aromatic N) is 3. The van der Waals surface area contributed by atoms with E-state index < -0.39 is 113 Å². The molecule has 5 rings (SSSR count). The van der Waals surface area contributed by atoms with Gasteiger partial charge < -0.3 is 51.6 Å². The number of aromatic hydroxyl groups is 1. The Morgan fingerprint density at radius 3 is 2.13 bits per heavy atom. The van der Waals surface area contributed by atoms with Crippen LogP contribution in [0.25, 0.3) is 16.8 Å².